The second-order valence-corrected chi connectivity index (χ2v) is 4.57. The molecular formula is C13H19N3O. The zero-order valence-corrected chi connectivity index (χ0v) is 9.93. The molecule has 1 fully saturated rings. The quantitative estimate of drug-likeness (QED) is 0.463. The summed E-state index contributed by atoms with van der Waals surface area (Å²) in [5.41, 5.74) is 3.55. The molecule has 3 N–H and O–H groups in total. The SMILES string of the molecule is NNC(=O)[C@H]1CCCN(Cc2ccccc2)C1. The molecule has 0 spiro atoms. The molecule has 1 amide bonds. The van der Waals surface area contributed by atoms with Gasteiger partial charge in [0.25, 0.3) is 0 Å². The van der Waals surface area contributed by atoms with Crippen LogP contribution in [0.25, 0.3) is 0 Å². The van der Waals surface area contributed by atoms with Gasteiger partial charge >= 0.3 is 0 Å². The first-order valence-corrected chi connectivity index (χ1v) is 6.06. The summed E-state index contributed by atoms with van der Waals surface area (Å²) < 4.78 is 0. The lowest BCUT2D eigenvalue weighted by molar-refractivity contribution is -0.126. The van der Waals surface area contributed by atoms with Crippen LogP contribution >= 0.6 is 0 Å². The minimum absolute atomic E-state index is 0.0391. The van der Waals surface area contributed by atoms with Crippen molar-refractivity contribution in [1.29, 1.82) is 0 Å². The van der Waals surface area contributed by atoms with E-state index in [2.05, 4.69) is 22.5 Å². The highest BCUT2D eigenvalue weighted by Crippen LogP contribution is 2.18. The smallest absolute Gasteiger partial charge is 0.238 e. The molecule has 17 heavy (non-hydrogen) atoms. The number of amides is 1. The van der Waals surface area contributed by atoms with Crippen molar-refractivity contribution < 1.29 is 4.79 Å². The number of carbonyl (C=O) groups is 1. The van der Waals surface area contributed by atoms with E-state index in [1.54, 1.807) is 0 Å². The lowest BCUT2D eigenvalue weighted by Gasteiger charge is -2.31. The minimum Gasteiger partial charge on any atom is -0.298 e. The number of carbonyl (C=O) groups excluding carboxylic acids is 1. The molecule has 0 aromatic heterocycles. The minimum atomic E-state index is -0.0391. The van der Waals surface area contributed by atoms with Gasteiger partial charge < -0.3 is 0 Å². The standard InChI is InChI=1S/C13H19N3O/c14-15-13(17)12-7-4-8-16(10-12)9-11-5-2-1-3-6-11/h1-3,5-6,12H,4,7-10,14H2,(H,15,17)/t12-/m0/s1. The molecule has 1 saturated heterocycles. The summed E-state index contributed by atoms with van der Waals surface area (Å²) >= 11 is 0. The van der Waals surface area contributed by atoms with Crippen molar-refractivity contribution in [1.82, 2.24) is 10.3 Å². The number of nitrogens with one attached hydrogen (secondary N) is 1. The Morgan fingerprint density at radius 1 is 1.41 bits per heavy atom. The Hall–Kier alpha value is -1.39. The molecule has 1 atom stereocenters. The van der Waals surface area contributed by atoms with Gasteiger partial charge in [0.2, 0.25) is 5.91 Å². The van der Waals surface area contributed by atoms with Crippen molar-refractivity contribution in [3.63, 3.8) is 0 Å². The van der Waals surface area contributed by atoms with E-state index in [-0.39, 0.29) is 11.8 Å². The predicted molar refractivity (Wildman–Crippen MR) is 66.8 cm³/mol. The van der Waals surface area contributed by atoms with Crippen LogP contribution in [-0.2, 0) is 11.3 Å². The highest BCUT2D eigenvalue weighted by Gasteiger charge is 2.24. The summed E-state index contributed by atoms with van der Waals surface area (Å²) in [6.45, 7) is 2.77. The number of nitrogens with zero attached hydrogens (tertiary/aromatic N) is 1. The summed E-state index contributed by atoms with van der Waals surface area (Å²) in [5, 5.41) is 0. The molecule has 0 unspecified atom stereocenters. The Bertz CT molecular complexity index is 366. The Kier molecular flexibility index (Phi) is 4.12. The van der Waals surface area contributed by atoms with Gasteiger partial charge in [-0.15, -0.1) is 0 Å². The van der Waals surface area contributed by atoms with E-state index in [0.29, 0.717) is 0 Å². The van der Waals surface area contributed by atoms with Crippen molar-refractivity contribution in [2.45, 2.75) is 19.4 Å². The summed E-state index contributed by atoms with van der Waals surface area (Å²) in [7, 11) is 0. The normalized spacial score (nSPS) is 21.1. The van der Waals surface area contributed by atoms with Gasteiger partial charge in [0.05, 0.1) is 5.92 Å². The van der Waals surface area contributed by atoms with E-state index in [1.807, 2.05) is 18.2 Å². The molecule has 2 rings (SSSR count). The van der Waals surface area contributed by atoms with Crippen LogP contribution in [0.5, 0.6) is 0 Å². The van der Waals surface area contributed by atoms with Crippen molar-refractivity contribution in [2.24, 2.45) is 11.8 Å². The Morgan fingerprint density at radius 2 is 2.18 bits per heavy atom. The zero-order valence-electron chi connectivity index (χ0n) is 9.93. The van der Waals surface area contributed by atoms with Crippen LogP contribution in [0.4, 0.5) is 0 Å². The van der Waals surface area contributed by atoms with Crippen molar-refractivity contribution >= 4 is 5.91 Å². The second kappa shape index (κ2) is 5.80. The predicted octanol–water partition coefficient (Wildman–Crippen LogP) is 0.888. The van der Waals surface area contributed by atoms with Gasteiger partial charge in [-0.2, -0.15) is 0 Å². The second-order valence-electron chi connectivity index (χ2n) is 4.57. The average molecular weight is 233 g/mol. The third-order valence-electron chi connectivity index (χ3n) is 3.27. The fourth-order valence-electron chi connectivity index (χ4n) is 2.37. The van der Waals surface area contributed by atoms with Crippen LogP contribution < -0.4 is 11.3 Å². The topological polar surface area (TPSA) is 58.4 Å². The highest BCUT2D eigenvalue weighted by molar-refractivity contribution is 5.78. The molecule has 1 aromatic rings. The maximum Gasteiger partial charge on any atom is 0.238 e. The number of piperidine rings is 1. The number of benzene rings is 1. The molecule has 4 nitrogen and oxygen atoms in total. The van der Waals surface area contributed by atoms with Gasteiger partial charge in [-0.05, 0) is 24.9 Å². The van der Waals surface area contributed by atoms with E-state index in [9.17, 15) is 4.79 Å². The molecule has 0 bridgehead atoms. The third kappa shape index (κ3) is 3.28. The number of rotatable bonds is 3. The fourth-order valence-corrected chi connectivity index (χ4v) is 2.37. The van der Waals surface area contributed by atoms with Gasteiger partial charge in [-0.3, -0.25) is 15.1 Å². The van der Waals surface area contributed by atoms with Crippen LogP contribution in [0.15, 0.2) is 30.3 Å². The number of hydrogen-bond donors (Lipinski definition) is 2. The third-order valence-corrected chi connectivity index (χ3v) is 3.27. The Balaban J connectivity index is 1.92. The lowest BCUT2D eigenvalue weighted by Crippen LogP contribution is -2.44. The molecule has 1 aliphatic heterocycles. The summed E-state index contributed by atoms with van der Waals surface area (Å²) in [6.07, 6.45) is 2.00. The largest absolute Gasteiger partial charge is 0.298 e. The Labute approximate surface area is 102 Å². The zero-order chi connectivity index (χ0) is 12.1. The molecule has 1 aliphatic rings. The highest BCUT2D eigenvalue weighted by atomic mass is 16.2. The molecule has 0 aliphatic carbocycles. The molecule has 1 heterocycles. The Morgan fingerprint density at radius 3 is 2.88 bits per heavy atom. The monoisotopic (exact) mass is 233 g/mol. The maximum atomic E-state index is 11.5. The van der Waals surface area contributed by atoms with E-state index < -0.39 is 0 Å². The van der Waals surface area contributed by atoms with Crippen molar-refractivity contribution in [3.8, 4) is 0 Å². The maximum absolute atomic E-state index is 11.5. The van der Waals surface area contributed by atoms with Gasteiger partial charge in [-0.1, -0.05) is 30.3 Å². The number of nitrogens with two attached hydrogens (primary N) is 1. The van der Waals surface area contributed by atoms with Crippen LogP contribution in [-0.4, -0.2) is 23.9 Å². The van der Waals surface area contributed by atoms with E-state index >= 15 is 0 Å². The van der Waals surface area contributed by atoms with Gasteiger partial charge in [0.15, 0.2) is 0 Å². The van der Waals surface area contributed by atoms with E-state index in [0.717, 1.165) is 32.5 Å². The van der Waals surface area contributed by atoms with Crippen LogP contribution in [0.2, 0.25) is 0 Å². The number of hydrogen-bond acceptors (Lipinski definition) is 3. The molecule has 4 heteroatoms. The molecule has 1 aromatic carbocycles. The van der Waals surface area contributed by atoms with Gasteiger partial charge in [0, 0.05) is 13.1 Å². The van der Waals surface area contributed by atoms with Gasteiger partial charge in [-0.25, -0.2) is 5.84 Å². The van der Waals surface area contributed by atoms with Crippen LogP contribution in [0, 0.1) is 5.92 Å². The summed E-state index contributed by atoms with van der Waals surface area (Å²) in [6, 6.07) is 10.3. The number of likely N-dealkylation sites (tertiary alicyclic amines) is 1. The van der Waals surface area contributed by atoms with E-state index in [1.165, 1.54) is 5.56 Å². The first kappa shape index (κ1) is 12.1. The summed E-state index contributed by atoms with van der Waals surface area (Å²) in [4.78, 5) is 13.8. The van der Waals surface area contributed by atoms with Crippen LogP contribution in [0.1, 0.15) is 18.4 Å². The van der Waals surface area contributed by atoms with Crippen LogP contribution in [0.3, 0.4) is 0 Å². The molecular weight excluding hydrogens is 214 g/mol. The first-order chi connectivity index (χ1) is 8.29. The van der Waals surface area contributed by atoms with E-state index in [4.69, 9.17) is 5.84 Å². The van der Waals surface area contributed by atoms with Crippen molar-refractivity contribution in [3.05, 3.63) is 35.9 Å². The van der Waals surface area contributed by atoms with Crippen molar-refractivity contribution in [2.75, 3.05) is 13.1 Å². The van der Waals surface area contributed by atoms with Gasteiger partial charge in [0.1, 0.15) is 0 Å². The summed E-state index contributed by atoms with van der Waals surface area (Å²) in [5.74, 6) is 5.18. The fraction of sp³-hybridized carbons (Fsp3) is 0.462. The first-order valence-electron chi connectivity index (χ1n) is 6.06. The molecule has 0 radical (unpaired) electrons. The molecule has 92 valence electrons. The number of hydrazine groups is 1. The lowest BCUT2D eigenvalue weighted by atomic mass is 9.97. The molecule has 0 saturated carbocycles. The average Bonchev–Trinajstić information content (AvgIpc) is 2.39.